The van der Waals surface area contributed by atoms with Crippen molar-refractivity contribution in [2.24, 2.45) is 5.73 Å². The maximum absolute atomic E-state index is 6.16. The molecule has 2 atom stereocenters. The van der Waals surface area contributed by atoms with E-state index in [-0.39, 0.29) is 6.04 Å². The first kappa shape index (κ1) is 11.7. The van der Waals surface area contributed by atoms with E-state index in [0.29, 0.717) is 10.9 Å². The Hall–Kier alpha value is -0.730. The van der Waals surface area contributed by atoms with Crippen LogP contribution >= 0.6 is 11.6 Å². The number of hydrogen-bond acceptors (Lipinski definition) is 2. The van der Waals surface area contributed by atoms with Crippen molar-refractivity contribution in [2.75, 3.05) is 7.11 Å². The SMILES string of the molecule is COc1ccc(C2CCCCC2N)cc1Cl. The van der Waals surface area contributed by atoms with Crippen LogP contribution in [0.1, 0.15) is 37.2 Å². The van der Waals surface area contributed by atoms with Crippen molar-refractivity contribution in [1.82, 2.24) is 0 Å². The summed E-state index contributed by atoms with van der Waals surface area (Å²) in [4.78, 5) is 0. The Morgan fingerprint density at radius 1 is 1.31 bits per heavy atom. The Labute approximate surface area is 102 Å². The molecule has 0 aromatic heterocycles. The van der Waals surface area contributed by atoms with Crippen LogP contribution in [0.25, 0.3) is 0 Å². The number of rotatable bonds is 2. The largest absolute Gasteiger partial charge is 0.495 e. The molecule has 0 spiro atoms. The molecular formula is C13H18ClNO. The topological polar surface area (TPSA) is 35.2 Å². The van der Waals surface area contributed by atoms with Gasteiger partial charge < -0.3 is 10.5 Å². The lowest BCUT2D eigenvalue weighted by atomic mass is 9.80. The smallest absolute Gasteiger partial charge is 0.137 e. The van der Waals surface area contributed by atoms with Gasteiger partial charge in [0.2, 0.25) is 0 Å². The summed E-state index contributed by atoms with van der Waals surface area (Å²) in [6.45, 7) is 0. The molecule has 16 heavy (non-hydrogen) atoms. The Bertz CT molecular complexity index is 367. The lowest BCUT2D eigenvalue weighted by molar-refractivity contribution is 0.384. The van der Waals surface area contributed by atoms with Gasteiger partial charge in [0, 0.05) is 6.04 Å². The first-order valence-electron chi connectivity index (χ1n) is 5.81. The van der Waals surface area contributed by atoms with Crippen molar-refractivity contribution >= 4 is 11.6 Å². The summed E-state index contributed by atoms with van der Waals surface area (Å²) in [6, 6.07) is 6.29. The molecule has 88 valence electrons. The van der Waals surface area contributed by atoms with E-state index < -0.39 is 0 Å². The van der Waals surface area contributed by atoms with Crippen molar-refractivity contribution in [3.8, 4) is 5.75 Å². The van der Waals surface area contributed by atoms with Crippen LogP contribution in [0.3, 0.4) is 0 Å². The van der Waals surface area contributed by atoms with Gasteiger partial charge in [0.15, 0.2) is 0 Å². The van der Waals surface area contributed by atoms with Gasteiger partial charge in [0.1, 0.15) is 5.75 Å². The zero-order valence-electron chi connectivity index (χ0n) is 9.58. The van der Waals surface area contributed by atoms with E-state index in [1.54, 1.807) is 7.11 Å². The summed E-state index contributed by atoms with van der Waals surface area (Å²) in [5.41, 5.74) is 7.41. The minimum Gasteiger partial charge on any atom is -0.495 e. The predicted octanol–water partition coefficient (Wildman–Crippen LogP) is 3.33. The zero-order chi connectivity index (χ0) is 11.5. The third-order valence-electron chi connectivity index (χ3n) is 3.42. The average Bonchev–Trinajstić information content (AvgIpc) is 2.29. The van der Waals surface area contributed by atoms with Gasteiger partial charge in [-0.25, -0.2) is 0 Å². The van der Waals surface area contributed by atoms with E-state index in [9.17, 15) is 0 Å². The van der Waals surface area contributed by atoms with Crippen LogP contribution in [0.2, 0.25) is 5.02 Å². The van der Waals surface area contributed by atoms with Crippen LogP contribution in [0.4, 0.5) is 0 Å². The molecule has 2 unspecified atom stereocenters. The summed E-state index contributed by atoms with van der Waals surface area (Å²) in [5.74, 6) is 1.19. The molecule has 1 fully saturated rings. The Morgan fingerprint density at radius 2 is 2.06 bits per heavy atom. The summed E-state index contributed by atoms with van der Waals surface area (Å²) >= 11 is 6.13. The van der Waals surface area contributed by atoms with Crippen LogP contribution < -0.4 is 10.5 Å². The predicted molar refractivity (Wildman–Crippen MR) is 67.2 cm³/mol. The summed E-state index contributed by atoms with van der Waals surface area (Å²) < 4.78 is 5.15. The Balaban J connectivity index is 2.22. The molecule has 1 aromatic carbocycles. The van der Waals surface area contributed by atoms with Gasteiger partial charge in [-0.2, -0.15) is 0 Å². The highest BCUT2D eigenvalue weighted by molar-refractivity contribution is 6.32. The second kappa shape index (κ2) is 5.07. The molecule has 1 aliphatic carbocycles. The molecule has 0 radical (unpaired) electrons. The van der Waals surface area contributed by atoms with Crippen LogP contribution in [0.15, 0.2) is 18.2 Å². The standard InChI is InChI=1S/C13H18ClNO/c1-16-13-7-6-9(8-11(13)14)10-4-2-3-5-12(10)15/h6-8,10,12H,2-5,15H2,1H3. The quantitative estimate of drug-likeness (QED) is 0.859. The van der Waals surface area contributed by atoms with Crippen molar-refractivity contribution in [1.29, 1.82) is 0 Å². The maximum atomic E-state index is 6.16. The highest BCUT2D eigenvalue weighted by atomic mass is 35.5. The Kier molecular flexibility index (Phi) is 3.72. The van der Waals surface area contributed by atoms with Crippen LogP contribution in [-0.2, 0) is 0 Å². The van der Waals surface area contributed by atoms with Gasteiger partial charge in [-0.1, -0.05) is 30.5 Å². The average molecular weight is 240 g/mol. The number of halogens is 1. The minimum atomic E-state index is 0.276. The zero-order valence-corrected chi connectivity index (χ0v) is 10.3. The molecular weight excluding hydrogens is 222 g/mol. The second-order valence-electron chi connectivity index (χ2n) is 4.45. The third-order valence-corrected chi connectivity index (χ3v) is 3.72. The van der Waals surface area contributed by atoms with Crippen LogP contribution in [-0.4, -0.2) is 13.2 Å². The lowest BCUT2D eigenvalue weighted by Gasteiger charge is -2.29. The molecule has 3 heteroatoms. The fourth-order valence-corrected chi connectivity index (χ4v) is 2.75. The molecule has 1 aliphatic rings. The lowest BCUT2D eigenvalue weighted by Crippen LogP contribution is -2.31. The summed E-state index contributed by atoms with van der Waals surface area (Å²) in [5, 5.41) is 0.678. The maximum Gasteiger partial charge on any atom is 0.137 e. The van der Waals surface area contributed by atoms with Gasteiger partial charge in [0.05, 0.1) is 12.1 Å². The minimum absolute atomic E-state index is 0.276. The van der Waals surface area contributed by atoms with E-state index in [4.69, 9.17) is 22.1 Å². The van der Waals surface area contributed by atoms with Crippen LogP contribution in [0, 0.1) is 0 Å². The van der Waals surface area contributed by atoms with Gasteiger partial charge in [-0.05, 0) is 36.5 Å². The van der Waals surface area contributed by atoms with E-state index in [1.807, 2.05) is 12.1 Å². The first-order valence-corrected chi connectivity index (χ1v) is 6.19. The number of methoxy groups -OCH3 is 1. The third kappa shape index (κ3) is 2.33. The number of nitrogens with two attached hydrogens (primary N) is 1. The fourth-order valence-electron chi connectivity index (χ4n) is 2.49. The molecule has 0 aliphatic heterocycles. The molecule has 1 saturated carbocycles. The van der Waals surface area contributed by atoms with Gasteiger partial charge in [-0.3, -0.25) is 0 Å². The normalized spacial score (nSPS) is 25.4. The first-order chi connectivity index (χ1) is 7.72. The van der Waals surface area contributed by atoms with E-state index in [2.05, 4.69) is 6.07 Å². The molecule has 2 nitrogen and oxygen atoms in total. The Morgan fingerprint density at radius 3 is 2.69 bits per heavy atom. The summed E-state index contributed by atoms with van der Waals surface area (Å²) in [6.07, 6.45) is 4.81. The molecule has 0 bridgehead atoms. The molecule has 0 amide bonds. The van der Waals surface area contributed by atoms with Crippen molar-refractivity contribution < 1.29 is 4.74 Å². The summed E-state index contributed by atoms with van der Waals surface area (Å²) in [7, 11) is 1.63. The molecule has 1 aromatic rings. The monoisotopic (exact) mass is 239 g/mol. The molecule has 2 rings (SSSR count). The van der Waals surface area contributed by atoms with Gasteiger partial charge in [0.25, 0.3) is 0 Å². The highest BCUT2D eigenvalue weighted by Gasteiger charge is 2.23. The van der Waals surface area contributed by atoms with E-state index in [1.165, 1.54) is 24.8 Å². The molecule has 0 saturated heterocycles. The molecule has 0 heterocycles. The van der Waals surface area contributed by atoms with Gasteiger partial charge in [-0.15, -0.1) is 0 Å². The van der Waals surface area contributed by atoms with Gasteiger partial charge >= 0.3 is 0 Å². The number of ether oxygens (including phenoxy) is 1. The number of hydrogen-bond donors (Lipinski definition) is 1. The fraction of sp³-hybridized carbons (Fsp3) is 0.538. The van der Waals surface area contributed by atoms with Crippen molar-refractivity contribution in [3.63, 3.8) is 0 Å². The van der Waals surface area contributed by atoms with Crippen molar-refractivity contribution in [3.05, 3.63) is 28.8 Å². The van der Waals surface area contributed by atoms with Crippen LogP contribution in [0.5, 0.6) is 5.75 Å². The number of benzene rings is 1. The molecule has 2 N–H and O–H groups in total. The van der Waals surface area contributed by atoms with E-state index >= 15 is 0 Å². The van der Waals surface area contributed by atoms with E-state index in [0.717, 1.165) is 12.2 Å². The highest BCUT2D eigenvalue weighted by Crippen LogP contribution is 2.35. The van der Waals surface area contributed by atoms with Crippen molar-refractivity contribution in [2.45, 2.75) is 37.6 Å². The second-order valence-corrected chi connectivity index (χ2v) is 4.86.